The van der Waals surface area contributed by atoms with Gasteiger partial charge in [0.1, 0.15) is 0 Å². The van der Waals surface area contributed by atoms with Crippen molar-refractivity contribution in [1.29, 1.82) is 0 Å². The average molecular weight is 259 g/mol. The SMILES string of the molecule is CC1=[C]([Ti+3])CC=C1.C[N-]C.C[N-]C.C[N-]C. The van der Waals surface area contributed by atoms with E-state index in [9.17, 15) is 0 Å². The maximum absolute atomic E-state index is 3.50. The summed E-state index contributed by atoms with van der Waals surface area (Å²) in [4.78, 5) is 0. The van der Waals surface area contributed by atoms with Crippen LogP contribution in [0.1, 0.15) is 13.3 Å². The van der Waals surface area contributed by atoms with Crippen LogP contribution in [0.2, 0.25) is 0 Å². The summed E-state index contributed by atoms with van der Waals surface area (Å²) in [6, 6.07) is 0. The molecular formula is C12H25N3Ti. The van der Waals surface area contributed by atoms with E-state index in [1.54, 1.807) is 42.3 Å². The van der Waals surface area contributed by atoms with Crippen molar-refractivity contribution in [3.8, 4) is 0 Å². The summed E-state index contributed by atoms with van der Waals surface area (Å²) in [6.07, 6.45) is 5.55. The normalized spacial score (nSPS) is 11.8. The first-order valence-electron chi connectivity index (χ1n) is 5.07. The van der Waals surface area contributed by atoms with Crippen LogP contribution in [0.25, 0.3) is 16.0 Å². The Morgan fingerprint density at radius 3 is 1.31 bits per heavy atom. The first-order chi connectivity index (χ1) is 7.55. The number of nitrogens with zero attached hydrogens (tertiary/aromatic N) is 3. The molecule has 0 spiro atoms. The molecule has 16 heavy (non-hydrogen) atoms. The van der Waals surface area contributed by atoms with Gasteiger partial charge in [0.25, 0.3) is 0 Å². The minimum Gasteiger partial charge on any atom is -0.668 e. The number of rotatable bonds is 0. The Labute approximate surface area is 114 Å². The van der Waals surface area contributed by atoms with E-state index in [2.05, 4.69) is 55.5 Å². The molecule has 0 aromatic carbocycles. The molecular weight excluding hydrogens is 234 g/mol. The van der Waals surface area contributed by atoms with Crippen LogP contribution in [0.4, 0.5) is 0 Å². The van der Waals surface area contributed by atoms with Crippen LogP contribution in [0.15, 0.2) is 21.6 Å². The van der Waals surface area contributed by atoms with E-state index >= 15 is 0 Å². The van der Waals surface area contributed by atoms with Crippen LogP contribution in [0, 0.1) is 0 Å². The topological polar surface area (TPSA) is 42.3 Å². The average Bonchev–Trinajstić information content (AvgIpc) is 2.55. The summed E-state index contributed by atoms with van der Waals surface area (Å²) in [5.41, 5.74) is 1.44. The van der Waals surface area contributed by atoms with Gasteiger partial charge in [-0.1, -0.05) is 0 Å². The van der Waals surface area contributed by atoms with E-state index in [0.717, 1.165) is 0 Å². The van der Waals surface area contributed by atoms with Gasteiger partial charge in [-0.3, -0.25) is 0 Å². The Kier molecular flexibility index (Phi) is 27.4. The molecule has 92 valence electrons. The Balaban J connectivity index is -0.000000161. The molecule has 1 rings (SSSR count). The van der Waals surface area contributed by atoms with Crippen LogP contribution in [-0.2, 0) is 20.4 Å². The van der Waals surface area contributed by atoms with E-state index in [1.807, 2.05) is 0 Å². The van der Waals surface area contributed by atoms with Crippen molar-refractivity contribution in [1.82, 2.24) is 0 Å². The largest absolute Gasteiger partial charge is 0.668 e. The van der Waals surface area contributed by atoms with Crippen molar-refractivity contribution in [2.45, 2.75) is 13.3 Å². The predicted octanol–water partition coefficient (Wildman–Crippen LogP) is 3.63. The van der Waals surface area contributed by atoms with Crippen LogP contribution in [0.3, 0.4) is 0 Å². The van der Waals surface area contributed by atoms with Gasteiger partial charge in [-0.25, -0.2) is 0 Å². The smallest absolute Gasteiger partial charge is 0.162 e. The third-order valence-electron chi connectivity index (χ3n) is 1.17. The van der Waals surface area contributed by atoms with Crippen molar-refractivity contribution >= 4 is 0 Å². The van der Waals surface area contributed by atoms with Gasteiger partial charge in [-0.15, -0.1) is 0 Å². The number of hydrogen-bond acceptors (Lipinski definition) is 0. The Bertz CT molecular complexity index is 172. The number of allylic oxidation sites excluding steroid dienone is 4. The molecule has 0 N–H and O–H groups in total. The van der Waals surface area contributed by atoms with Crippen molar-refractivity contribution in [2.24, 2.45) is 0 Å². The van der Waals surface area contributed by atoms with Crippen LogP contribution in [-0.4, -0.2) is 42.3 Å². The quantitative estimate of drug-likeness (QED) is 0.596. The van der Waals surface area contributed by atoms with E-state index in [-0.39, 0.29) is 0 Å². The standard InChI is InChI=1S/C6H7.3C2H6N.Ti/c1-6-4-2-3-5-6;3*1-3-2;/h2,4H,3H2,1H3;3*1-2H3;/q;3*-1;+3. The first kappa shape index (κ1) is 21.4. The van der Waals surface area contributed by atoms with Crippen molar-refractivity contribution in [2.75, 3.05) is 42.3 Å². The molecule has 0 aromatic rings. The van der Waals surface area contributed by atoms with Gasteiger partial charge in [-0.05, 0) is 0 Å². The van der Waals surface area contributed by atoms with Gasteiger partial charge < -0.3 is 16.0 Å². The zero-order valence-corrected chi connectivity index (χ0v) is 13.3. The molecule has 0 bridgehead atoms. The molecule has 0 radical (unpaired) electrons. The van der Waals surface area contributed by atoms with Gasteiger partial charge in [-0.2, -0.15) is 42.3 Å². The maximum atomic E-state index is 3.50. The molecule has 3 nitrogen and oxygen atoms in total. The minimum atomic E-state index is 1.17. The number of hydrogen-bond donors (Lipinski definition) is 0. The molecule has 0 amide bonds. The molecule has 0 atom stereocenters. The third kappa shape index (κ3) is 23.7. The second-order valence-electron chi connectivity index (χ2n) is 3.11. The van der Waals surface area contributed by atoms with Crippen LogP contribution in [0.5, 0.6) is 0 Å². The van der Waals surface area contributed by atoms with E-state index in [4.69, 9.17) is 0 Å². The van der Waals surface area contributed by atoms with Crippen molar-refractivity contribution < 1.29 is 20.4 Å². The van der Waals surface area contributed by atoms with Crippen LogP contribution < -0.4 is 0 Å². The summed E-state index contributed by atoms with van der Waals surface area (Å²) in [6.45, 7) is 2.15. The summed E-state index contributed by atoms with van der Waals surface area (Å²) < 4.78 is 1.51. The second-order valence-corrected chi connectivity index (χ2v) is 4.05. The van der Waals surface area contributed by atoms with Gasteiger partial charge in [0.2, 0.25) is 0 Å². The fourth-order valence-corrected chi connectivity index (χ4v) is 0.929. The molecule has 0 fully saturated rings. The van der Waals surface area contributed by atoms with E-state index < -0.39 is 0 Å². The van der Waals surface area contributed by atoms with Crippen molar-refractivity contribution in [3.05, 3.63) is 37.6 Å². The van der Waals surface area contributed by atoms with Gasteiger partial charge in [0, 0.05) is 0 Å². The van der Waals surface area contributed by atoms with Gasteiger partial charge in [0.15, 0.2) is 0 Å². The monoisotopic (exact) mass is 259 g/mol. The minimum absolute atomic E-state index is 1.17. The third-order valence-corrected chi connectivity index (χ3v) is 2.10. The predicted molar refractivity (Wildman–Crippen MR) is 72.1 cm³/mol. The zero-order valence-electron chi connectivity index (χ0n) is 11.7. The molecule has 1 aliphatic carbocycles. The first-order valence-corrected chi connectivity index (χ1v) is 5.85. The van der Waals surface area contributed by atoms with Crippen LogP contribution >= 0.6 is 0 Å². The fourth-order valence-electron chi connectivity index (χ4n) is 0.615. The molecule has 0 saturated heterocycles. The van der Waals surface area contributed by atoms with Gasteiger partial charge in [0.05, 0.1) is 0 Å². The Morgan fingerprint density at radius 2 is 1.25 bits per heavy atom. The van der Waals surface area contributed by atoms with Crippen molar-refractivity contribution in [3.63, 3.8) is 0 Å². The maximum Gasteiger partial charge on any atom is -0.162 e. The van der Waals surface area contributed by atoms with E-state index in [1.165, 1.54) is 15.9 Å². The molecule has 0 aliphatic heterocycles. The molecule has 0 heterocycles. The van der Waals surface area contributed by atoms with E-state index in [0.29, 0.717) is 0 Å². The summed E-state index contributed by atoms with van der Waals surface area (Å²) >= 11 is 2.18. The molecule has 1 aliphatic rings. The van der Waals surface area contributed by atoms with Gasteiger partial charge >= 0.3 is 55.4 Å². The fraction of sp³-hybridized carbons (Fsp3) is 0.667. The Morgan fingerprint density at radius 1 is 0.938 bits per heavy atom. The zero-order chi connectivity index (χ0) is 13.4. The summed E-state index contributed by atoms with van der Waals surface area (Å²) in [5, 5.41) is 10.5. The molecule has 0 aromatic heterocycles. The summed E-state index contributed by atoms with van der Waals surface area (Å²) in [5.74, 6) is 0. The molecule has 0 saturated carbocycles. The summed E-state index contributed by atoms with van der Waals surface area (Å²) in [7, 11) is 10.5. The Hall–Kier alpha value is 0.0743. The second kappa shape index (κ2) is 20.5. The molecule has 0 unspecified atom stereocenters. The molecule has 4 heteroatoms.